The maximum absolute atomic E-state index is 5.27. The van der Waals surface area contributed by atoms with E-state index in [4.69, 9.17) is 4.74 Å². The average Bonchev–Trinajstić information content (AvgIpc) is 1.83. The third kappa shape index (κ3) is 6.06. The van der Waals surface area contributed by atoms with Gasteiger partial charge in [-0.15, -0.1) is 0 Å². The smallest absolute Gasteiger partial charge is 0.112 e. The Labute approximate surface area is 65.2 Å². The van der Waals surface area contributed by atoms with Crippen LogP contribution in [-0.4, -0.2) is 11.6 Å². The predicted octanol–water partition coefficient (Wildman–Crippen LogP) is 2.71. The van der Waals surface area contributed by atoms with Crippen molar-refractivity contribution in [1.29, 1.82) is 0 Å². The molecule has 1 unspecified atom stereocenters. The molecular formula is C7H13BrO. The Balaban J connectivity index is 3.16. The number of hydrogen-bond acceptors (Lipinski definition) is 1. The highest BCUT2D eigenvalue weighted by Gasteiger charge is 1.97. The number of halogens is 1. The molecule has 0 aliphatic rings. The fourth-order valence-corrected chi connectivity index (χ4v) is 0.483. The first-order chi connectivity index (χ1) is 4.16. The zero-order chi connectivity index (χ0) is 7.28. The lowest BCUT2D eigenvalue weighted by molar-refractivity contribution is 0.136. The Morgan fingerprint density at radius 2 is 2.33 bits per heavy atom. The number of ether oxygens (including phenoxy) is 1. The minimum absolute atomic E-state index is 0.189. The van der Waals surface area contributed by atoms with E-state index in [1.165, 1.54) is 0 Å². The van der Waals surface area contributed by atoms with Crippen molar-refractivity contribution in [3.63, 3.8) is 0 Å². The van der Waals surface area contributed by atoms with Crippen molar-refractivity contribution in [1.82, 2.24) is 0 Å². The van der Waals surface area contributed by atoms with E-state index in [9.17, 15) is 0 Å². The van der Waals surface area contributed by atoms with Gasteiger partial charge in [0.1, 0.15) is 5.01 Å². The molecular weight excluding hydrogens is 180 g/mol. The average molecular weight is 193 g/mol. The lowest BCUT2D eigenvalue weighted by Crippen LogP contribution is -2.03. The van der Waals surface area contributed by atoms with E-state index in [0.29, 0.717) is 6.61 Å². The highest BCUT2D eigenvalue weighted by Crippen LogP contribution is 2.06. The second-order valence-corrected chi connectivity index (χ2v) is 3.11. The molecule has 0 aliphatic carbocycles. The van der Waals surface area contributed by atoms with Crippen LogP contribution < -0.4 is 0 Å². The molecule has 9 heavy (non-hydrogen) atoms. The molecule has 0 fully saturated rings. The molecule has 2 heteroatoms. The van der Waals surface area contributed by atoms with Gasteiger partial charge in [0.15, 0.2) is 0 Å². The van der Waals surface area contributed by atoms with Crippen molar-refractivity contribution in [2.45, 2.75) is 25.3 Å². The van der Waals surface area contributed by atoms with Crippen molar-refractivity contribution in [2.24, 2.45) is 0 Å². The van der Waals surface area contributed by atoms with Crippen molar-refractivity contribution < 1.29 is 4.74 Å². The van der Waals surface area contributed by atoms with E-state index < -0.39 is 0 Å². The van der Waals surface area contributed by atoms with Gasteiger partial charge in [0.2, 0.25) is 0 Å². The summed E-state index contributed by atoms with van der Waals surface area (Å²) in [6, 6.07) is 0. The third-order valence-corrected chi connectivity index (χ3v) is 1.74. The molecule has 0 heterocycles. The van der Waals surface area contributed by atoms with Crippen LogP contribution in [0.2, 0.25) is 0 Å². The Hall–Kier alpha value is 0.180. The quantitative estimate of drug-likeness (QED) is 0.492. The van der Waals surface area contributed by atoms with E-state index >= 15 is 0 Å². The van der Waals surface area contributed by atoms with Crippen LogP contribution in [-0.2, 0) is 4.74 Å². The van der Waals surface area contributed by atoms with Gasteiger partial charge in [-0.1, -0.05) is 35.0 Å². The SMILES string of the molecule is C=C(C)COC(Br)CC. The molecule has 1 atom stereocenters. The summed E-state index contributed by atoms with van der Waals surface area (Å²) in [6.07, 6.45) is 0.993. The maximum atomic E-state index is 5.27. The molecule has 0 N–H and O–H groups in total. The molecule has 0 aromatic heterocycles. The zero-order valence-corrected chi connectivity index (χ0v) is 7.57. The van der Waals surface area contributed by atoms with Crippen LogP contribution in [0.4, 0.5) is 0 Å². The van der Waals surface area contributed by atoms with Gasteiger partial charge in [0.05, 0.1) is 6.61 Å². The summed E-state index contributed by atoms with van der Waals surface area (Å²) in [5.74, 6) is 0. The second kappa shape index (κ2) is 5.00. The van der Waals surface area contributed by atoms with Gasteiger partial charge in [0.25, 0.3) is 0 Å². The van der Waals surface area contributed by atoms with Crippen LogP contribution in [0.1, 0.15) is 20.3 Å². The number of hydrogen-bond donors (Lipinski definition) is 0. The van der Waals surface area contributed by atoms with E-state index in [1.54, 1.807) is 0 Å². The Bertz CT molecular complexity index is 90.9. The van der Waals surface area contributed by atoms with Crippen LogP contribution in [0.15, 0.2) is 12.2 Å². The van der Waals surface area contributed by atoms with Crippen LogP contribution in [0.5, 0.6) is 0 Å². The zero-order valence-electron chi connectivity index (χ0n) is 5.98. The topological polar surface area (TPSA) is 9.23 Å². The number of rotatable bonds is 4. The van der Waals surface area contributed by atoms with Crippen LogP contribution >= 0.6 is 15.9 Å². The maximum Gasteiger partial charge on any atom is 0.112 e. The Kier molecular flexibility index (Phi) is 5.10. The molecule has 0 aromatic rings. The van der Waals surface area contributed by atoms with Crippen molar-refractivity contribution >= 4 is 15.9 Å². The molecule has 0 spiro atoms. The molecule has 0 aliphatic heterocycles. The summed E-state index contributed by atoms with van der Waals surface area (Å²) >= 11 is 3.34. The normalized spacial score (nSPS) is 13.2. The lowest BCUT2D eigenvalue weighted by atomic mass is 10.4. The first kappa shape index (κ1) is 9.18. The van der Waals surface area contributed by atoms with Crippen molar-refractivity contribution in [3.8, 4) is 0 Å². The molecule has 0 aromatic carbocycles. The fourth-order valence-electron chi connectivity index (χ4n) is 0.351. The van der Waals surface area contributed by atoms with Gasteiger partial charge >= 0.3 is 0 Å². The van der Waals surface area contributed by atoms with Gasteiger partial charge < -0.3 is 4.74 Å². The van der Waals surface area contributed by atoms with Gasteiger partial charge in [-0.25, -0.2) is 0 Å². The van der Waals surface area contributed by atoms with Crippen LogP contribution in [0.25, 0.3) is 0 Å². The molecule has 0 saturated carbocycles. The summed E-state index contributed by atoms with van der Waals surface area (Å²) < 4.78 is 5.27. The van der Waals surface area contributed by atoms with E-state index in [-0.39, 0.29) is 5.01 Å². The Morgan fingerprint density at radius 1 is 1.78 bits per heavy atom. The molecule has 0 saturated heterocycles. The number of alkyl halides is 1. The van der Waals surface area contributed by atoms with E-state index in [2.05, 4.69) is 29.4 Å². The summed E-state index contributed by atoms with van der Waals surface area (Å²) in [4.78, 5) is 0. The molecule has 0 radical (unpaired) electrons. The highest BCUT2D eigenvalue weighted by atomic mass is 79.9. The predicted molar refractivity (Wildman–Crippen MR) is 43.8 cm³/mol. The third-order valence-electron chi connectivity index (χ3n) is 0.832. The van der Waals surface area contributed by atoms with Gasteiger partial charge in [-0.05, 0) is 13.3 Å². The van der Waals surface area contributed by atoms with E-state index in [1.807, 2.05) is 6.92 Å². The van der Waals surface area contributed by atoms with Crippen molar-refractivity contribution in [2.75, 3.05) is 6.61 Å². The molecule has 0 amide bonds. The van der Waals surface area contributed by atoms with E-state index in [0.717, 1.165) is 12.0 Å². The minimum atomic E-state index is 0.189. The minimum Gasteiger partial charge on any atom is -0.363 e. The van der Waals surface area contributed by atoms with Crippen LogP contribution in [0.3, 0.4) is 0 Å². The fraction of sp³-hybridized carbons (Fsp3) is 0.714. The highest BCUT2D eigenvalue weighted by molar-refractivity contribution is 9.09. The molecule has 1 nitrogen and oxygen atoms in total. The summed E-state index contributed by atoms with van der Waals surface area (Å²) in [6.45, 7) is 8.39. The lowest BCUT2D eigenvalue weighted by Gasteiger charge is -2.07. The van der Waals surface area contributed by atoms with Gasteiger partial charge in [0, 0.05) is 0 Å². The monoisotopic (exact) mass is 192 g/mol. The first-order valence-electron chi connectivity index (χ1n) is 3.07. The summed E-state index contributed by atoms with van der Waals surface area (Å²) in [5, 5.41) is 0.189. The largest absolute Gasteiger partial charge is 0.363 e. The summed E-state index contributed by atoms with van der Waals surface area (Å²) in [5.41, 5.74) is 1.06. The first-order valence-corrected chi connectivity index (χ1v) is 3.98. The second-order valence-electron chi connectivity index (χ2n) is 2.09. The van der Waals surface area contributed by atoms with Gasteiger partial charge in [-0.3, -0.25) is 0 Å². The van der Waals surface area contributed by atoms with Gasteiger partial charge in [-0.2, -0.15) is 0 Å². The standard InChI is InChI=1S/C7H13BrO/c1-4-7(8)9-5-6(2)3/h7H,2,4-5H2,1,3H3. The Morgan fingerprint density at radius 3 is 2.67 bits per heavy atom. The summed E-state index contributed by atoms with van der Waals surface area (Å²) in [7, 11) is 0. The molecule has 0 rings (SSSR count). The van der Waals surface area contributed by atoms with Crippen molar-refractivity contribution in [3.05, 3.63) is 12.2 Å². The molecule has 54 valence electrons. The molecule has 0 bridgehead atoms. The van der Waals surface area contributed by atoms with Crippen LogP contribution in [0, 0.1) is 0 Å².